The molecule has 1 aromatic rings. The molecule has 1 unspecified atom stereocenters. The Morgan fingerprint density at radius 1 is 1.56 bits per heavy atom. The van der Waals surface area contributed by atoms with Crippen LogP contribution in [0, 0.1) is 0 Å². The molecule has 0 spiro atoms. The Labute approximate surface area is 93.2 Å². The molecule has 0 bridgehead atoms. The summed E-state index contributed by atoms with van der Waals surface area (Å²) in [6, 6.07) is 1.10. The lowest BCUT2D eigenvalue weighted by Gasteiger charge is -2.05. The van der Waals surface area contributed by atoms with Crippen LogP contribution >= 0.6 is 0 Å². The molecule has 88 valence electrons. The number of nitrogens with zero attached hydrogens (tertiary/aromatic N) is 1. The number of methoxy groups -OCH3 is 1. The average Bonchev–Trinajstić information content (AvgIpc) is 2.58. The number of esters is 1. The van der Waals surface area contributed by atoms with Crippen molar-refractivity contribution in [2.24, 2.45) is 18.5 Å². The number of ether oxygens (including phenoxy) is 1. The molecule has 0 aliphatic heterocycles. The largest absolute Gasteiger partial charge is 0.464 e. The Morgan fingerprint density at radius 2 is 2.19 bits per heavy atom. The Balaban J connectivity index is 2.91. The number of carbonyl (C=O) groups excluding carboxylic acids is 2. The molecule has 0 radical (unpaired) electrons. The maximum atomic E-state index is 11.3. The van der Waals surface area contributed by atoms with E-state index in [-0.39, 0.29) is 6.42 Å². The van der Waals surface area contributed by atoms with Crippen molar-refractivity contribution in [1.29, 1.82) is 0 Å². The van der Waals surface area contributed by atoms with E-state index >= 15 is 0 Å². The van der Waals surface area contributed by atoms with E-state index in [4.69, 9.17) is 11.5 Å². The topological polar surface area (TPSA) is 100 Å². The molecule has 6 heteroatoms. The van der Waals surface area contributed by atoms with Crippen LogP contribution in [0.1, 0.15) is 28.5 Å². The number of amides is 1. The van der Waals surface area contributed by atoms with Crippen LogP contribution in [0.25, 0.3) is 0 Å². The zero-order valence-corrected chi connectivity index (χ0v) is 9.27. The summed E-state index contributed by atoms with van der Waals surface area (Å²) in [4.78, 5) is 22.0. The van der Waals surface area contributed by atoms with E-state index in [1.165, 1.54) is 7.11 Å². The second-order valence-corrected chi connectivity index (χ2v) is 3.54. The number of nitrogens with two attached hydrogens (primary N) is 2. The SMILES string of the molecule is COC(=O)c1cc(C(N)CC(N)=O)cn1C. The second kappa shape index (κ2) is 4.80. The molecule has 0 aromatic carbocycles. The van der Waals surface area contributed by atoms with Crippen molar-refractivity contribution in [3.8, 4) is 0 Å². The standard InChI is InChI=1S/C10H15N3O3/c1-13-5-6(7(11)4-9(12)14)3-8(13)10(15)16-2/h3,5,7H,4,11H2,1-2H3,(H2,12,14). The fraction of sp³-hybridized carbons (Fsp3) is 0.400. The van der Waals surface area contributed by atoms with Crippen LogP contribution < -0.4 is 11.5 Å². The summed E-state index contributed by atoms with van der Waals surface area (Å²) in [6.45, 7) is 0. The zero-order valence-electron chi connectivity index (χ0n) is 9.27. The van der Waals surface area contributed by atoms with Crippen molar-refractivity contribution in [2.75, 3.05) is 7.11 Å². The number of hydrogen-bond donors (Lipinski definition) is 2. The molecule has 0 aliphatic carbocycles. The van der Waals surface area contributed by atoms with E-state index in [0.717, 1.165) is 0 Å². The Bertz CT molecular complexity index is 411. The summed E-state index contributed by atoms with van der Waals surface area (Å²) in [5.41, 5.74) is 11.9. The number of aromatic nitrogens is 1. The molecule has 16 heavy (non-hydrogen) atoms. The summed E-state index contributed by atoms with van der Waals surface area (Å²) < 4.78 is 6.20. The Morgan fingerprint density at radius 3 is 2.69 bits per heavy atom. The van der Waals surface area contributed by atoms with E-state index in [9.17, 15) is 9.59 Å². The molecule has 1 amide bonds. The third-order valence-electron chi connectivity index (χ3n) is 2.27. The summed E-state index contributed by atoms with van der Waals surface area (Å²) >= 11 is 0. The molecule has 1 atom stereocenters. The highest BCUT2D eigenvalue weighted by Gasteiger charge is 2.16. The highest BCUT2D eigenvalue weighted by atomic mass is 16.5. The van der Waals surface area contributed by atoms with Gasteiger partial charge in [-0.1, -0.05) is 0 Å². The number of aryl methyl sites for hydroxylation is 1. The summed E-state index contributed by atoms with van der Waals surface area (Å²) in [6.07, 6.45) is 1.73. The molecule has 0 aliphatic rings. The van der Waals surface area contributed by atoms with Gasteiger partial charge in [-0.05, 0) is 11.6 Å². The summed E-state index contributed by atoms with van der Waals surface area (Å²) in [5, 5.41) is 0. The maximum Gasteiger partial charge on any atom is 0.354 e. The van der Waals surface area contributed by atoms with Crippen molar-refractivity contribution in [3.63, 3.8) is 0 Å². The predicted molar refractivity (Wildman–Crippen MR) is 57.5 cm³/mol. The van der Waals surface area contributed by atoms with Gasteiger partial charge in [0.15, 0.2) is 0 Å². The molecule has 4 N–H and O–H groups in total. The van der Waals surface area contributed by atoms with Crippen LogP contribution in [-0.4, -0.2) is 23.6 Å². The van der Waals surface area contributed by atoms with E-state index in [0.29, 0.717) is 11.3 Å². The Kier molecular flexibility index (Phi) is 3.68. The molecule has 6 nitrogen and oxygen atoms in total. The van der Waals surface area contributed by atoms with E-state index in [1.807, 2.05) is 0 Å². The van der Waals surface area contributed by atoms with E-state index in [1.54, 1.807) is 23.9 Å². The molecule has 0 saturated carbocycles. The van der Waals surface area contributed by atoms with Gasteiger partial charge in [0.1, 0.15) is 5.69 Å². The minimum absolute atomic E-state index is 0.0463. The highest BCUT2D eigenvalue weighted by molar-refractivity contribution is 5.88. The van der Waals surface area contributed by atoms with Crippen LogP contribution in [-0.2, 0) is 16.6 Å². The van der Waals surface area contributed by atoms with Crippen LogP contribution in [0.15, 0.2) is 12.3 Å². The van der Waals surface area contributed by atoms with Gasteiger partial charge in [-0.25, -0.2) is 4.79 Å². The first-order chi connectivity index (χ1) is 7.45. The summed E-state index contributed by atoms with van der Waals surface area (Å²) in [7, 11) is 3.01. The van der Waals surface area contributed by atoms with Crippen LogP contribution in [0.4, 0.5) is 0 Å². The molecule has 1 heterocycles. The predicted octanol–water partition coefficient (Wildman–Crippen LogP) is -0.313. The fourth-order valence-corrected chi connectivity index (χ4v) is 1.43. The highest BCUT2D eigenvalue weighted by Crippen LogP contribution is 2.17. The molecular weight excluding hydrogens is 210 g/mol. The van der Waals surface area contributed by atoms with Crippen molar-refractivity contribution < 1.29 is 14.3 Å². The normalized spacial score (nSPS) is 12.2. The third-order valence-corrected chi connectivity index (χ3v) is 2.27. The van der Waals surface area contributed by atoms with E-state index < -0.39 is 17.9 Å². The fourth-order valence-electron chi connectivity index (χ4n) is 1.43. The van der Waals surface area contributed by atoms with Crippen molar-refractivity contribution in [2.45, 2.75) is 12.5 Å². The average molecular weight is 225 g/mol. The number of hydrogen-bond acceptors (Lipinski definition) is 4. The van der Waals surface area contributed by atoms with Gasteiger partial charge in [-0.3, -0.25) is 4.79 Å². The van der Waals surface area contributed by atoms with Gasteiger partial charge in [-0.15, -0.1) is 0 Å². The molecule has 0 fully saturated rings. The second-order valence-electron chi connectivity index (χ2n) is 3.54. The van der Waals surface area contributed by atoms with Crippen LogP contribution in [0.2, 0.25) is 0 Å². The van der Waals surface area contributed by atoms with Gasteiger partial charge >= 0.3 is 5.97 Å². The third kappa shape index (κ3) is 2.60. The van der Waals surface area contributed by atoms with Crippen molar-refractivity contribution in [1.82, 2.24) is 4.57 Å². The molecule has 1 aromatic heterocycles. The maximum absolute atomic E-state index is 11.3. The lowest BCUT2D eigenvalue weighted by Crippen LogP contribution is -2.20. The number of rotatable bonds is 4. The van der Waals surface area contributed by atoms with Gasteiger partial charge in [0.2, 0.25) is 5.91 Å². The summed E-state index contributed by atoms with van der Waals surface area (Å²) in [5.74, 6) is -0.920. The first-order valence-corrected chi connectivity index (χ1v) is 4.74. The van der Waals surface area contributed by atoms with Gasteiger partial charge in [0.25, 0.3) is 0 Å². The lowest BCUT2D eigenvalue weighted by molar-refractivity contribution is -0.118. The smallest absolute Gasteiger partial charge is 0.354 e. The quantitative estimate of drug-likeness (QED) is 0.686. The lowest BCUT2D eigenvalue weighted by atomic mass is 10.1. The Hall–Kier alpha value is -1.82. The minimum atomic E-state index is -0.498. The van der Waals surface area contributed by atoms with Gasteiger partial charge in [0, 0.05) is 25.7 Å². The minimum Gasteiger partial charge on any atom is -0.464 e. The number of carbonyl (C=O) groups is 2. The first kappa shape index (κ1) is 12.3. The van der Waals surface area contributed by atoms with Gasteiger partial charge in [-0.2, -0.15) is 0 Å². The molecule has 1 rings (SSSR count). The van der Waals surface area contributed by atoms with Crippen molar-refractivity contribution >= 4 is 11.9 Å². The molecule has 0 saturated heterocycles. The first-order valence-electron chi connectivity index (χ1n) is 4.74. The van der Waals surface area contributed by atoms with Gasteiger partial charge < -0.3 is 20.8 Å². The zero-order chi connectivity index (χ0) is 12.3. The monoisotopic (exact) mass is 225 g/mol. The van der Waals surface area contributed by atoms with Crippen molar-refractivity contribution in [3.05, 3.63) is 23.5 Å². The van der Waals surface area contributed by atoms with Gasteiger partial charge in [0.05, 0.1) is 7.11 Å². The molecular formula is C10H15N3O3. The van der Waals surface area contributed by atoms with Crippen LogP contribution in [0.5, 0.6) is 0 Å². The number of primary amides is 1. The van der Waals surface area contributed by atoms with Crippen LogP contribution in [0.3, 0.4) is 0 Å². The van der Waals surface area contributed by atoms with E-state index in [2.05, 4.69) is 4.74 Å².